The van der Waals surface area contributed by atoms with E-state index in [2.05, 4.69) is 10.3 Å². The van der Waals surface area contributed by atoms with Gasteiger partial charge in [-0.25, -0.2) is 4.98 Å². The summed E-state index contributed by atoms with van der Waals surface area (Å²) in [6.45, 7) is 6.42. The van der Waals surface area contributed by atoms with Crippen LogP contribution in [0.3, 0.4) is 0 Å². The van der Waals surface area contributed by atoms with Gasteiger partial charge in [0.05, 0.1) is 5.56 Å². The van der Waals surface area contributed by atoms with E-state index >= 15 is 0 Å². The fourth-order valence-corrected chi connectivity index (χ4v) is 2.87. The van der Waals surface area contributed by atoms with Gasteiger partial charge in [-0.3, -0.25) is 4.79 Å². The van der Waals surface area contributed by atoms with Crippen LogP contribution in [0.1, 0.15) is 40.9 Å². The number of anilines is 1. The third-order valence-electron chi connectivity index (χ3n) is 4.24. The lowest BCUT2D eigenvalue weighted by Crippen LogP contribution is -2.16. The second kappa shape index (κ2) is 8.49. The second-order valence-electron chi connectivity index (χ2n) is 6.73. The number of carbonyl (C=O) groups is 1. The highest BCUT2D eigenvalue weighted by Crippen LogP contribution is 2.26. The maximum atomic E-state index is 13.2. The van der Waals surface area contributed by atoms with Crippen molar-refractivity contribution in [1.29, 1.82) is 0 Å². The molecule has 2 aromatic carbocycles. The van der Waals surface area contributed by atoms with E-state index in [-0.39, 0.29) is 11.8 Å². The summed E-state index contributed by atoms with van der Waals surface area (Å²) < 4.78 is 5.96. The van der Waals surface area contributed by atoms with Gasteiger partial charge >= 0.3 is 0 Å². The van der Waals surface area contributed by atoms with Crippen molar-refractivity contribution >= 4 is 11.6 Å². The fraction of sp³-hybridized carbons (Fsp3) is 0.217. The largest absolute Gasteiger partial charge is 0.489 e. The van der Waals surface area contributed by atoms with E-state index in [1.807, 2.05) is 69.3 Å². The average Bonchev–Trinajstić information content (AvgIpc) is 2.67. The average molecular weight is 360 g/mol. The lowest BCUT2D eigenvalue weighted by Gasteiger charge is -2.15. The van der Waals surface area contributed by atoms with Gasteiger partial charge in [-0.1, -0.05) is 42.5 Å². The van der Waals surface area contributed by atoms with Crippen molar-refractivity contribution in [2.45, 2.75) is 33.4 Å². The number of hydrogen-bond donors (Lipinski definition) is 1. The Hall–Kier alpha value is -3.14. The number of nitrogens with zero attached hydrogens (tertiary/aromatic N) is 1. The molecule has 4 nitrogen and oxygen atoms in total. The predicted molar refractivity (Wildman–Crippen MR) is 108 cm³/mol. The van der Waals surface area contributed by atoms with Crippen LogP contribution in [0.4, 0.5) is 5.82 Å². The number of hydrogen-bond acceptors (Lipinski definition) is 4. The molecule has 0 atom stereocenters. The number of carbonyl (C=O) groups excluding carboxylic acids is 1. The Bertz CT molecular complexity index is 921. The molecule has 3 rings (SSSR count). The molecule has 0 aliphatic carbocycles. The van der Waals surface area contributed by atoms with Crippen molar-refractivity contribution in [3.8, 4) is 5.75 Å². The van der Waals surface area contributed by atoms with Crippen LogP contribution in [0.25, 0.3) is 0 Å². The molecule has 0 radical (unpaired) electrons. The molecule has 0 bridgehead atoms. The first-order valence-corrected chi connectivity index (χ1v) is 9.09. The summed E-state index contributed by atoms with van der Waals surface area (Å²) in [7, 11) is 0. The monoisotopic (exact) mass is 360 g/mol. The molecule has 3 aromatic rings. The van der Waals surface area contributed by atoms with E-state index < -0.39 is 0 Å². The molecule has 0 fully saturated rings. The summed E-state index contributed by atoms with van der Waals surface area (Å²) in [5.41, 5.74) is 3.11. The van der Waals surface area contributed by atoms with Crippen LogP contribution in [0.15, 0.2) is 66.9 Å². The molecule has 1 N–H and O–H groups in total. The van der Waals surface area contributed by atoms with Crippen LogP contribution in [-0.2, 0) is 6.61 Å². The molecule has 0 unspecified atom stereocenters. The summed E-state index contributed by atoms with van der Waals surface area (Å²) in [5, 5.41) is 3.24. The molecule has 4 heteroatoms. The van der Waals surface area contributed by atoms with E-state index in [1.165, 1.54) is 0 Å². The van der Waals surface area contributed by atoms with Gasteiger partial charge < -0.3 is 10.1 Å². The number of ether oxygens (including phenoxy) is 1. The second-order valence-corrected chi connectivity index (χ2v) is 6.73. The van der Waals surface area contributed by atoms with Gasteiger partial charge in [-0.15, -0.1) is 0 Å². The summed E-state index contributed by atoms with van der Waals surface area (Å²) in [6, 6.07) is 19.3. The van der Waals surface area contributed by atoms with Gasteiger partial charge in [0.15, 0.2) is 5.78 Å². The first-order chi connectivity index (χ1) is 13.1. The van der Waals surface area contributed by atoms with Crippen LogP contribution in [0.5, 0.6) is 5.75 Å². The fourth-order valence-electron chi connectivity index (χ4n) is 2.87. The van der Waals surface area contributed by atoms with Gasteiger partial charge in [0.2, 0.25) is 0 Å². The van der Waals surface area contributed by atoms with Crippen LogP contribution < -0.4 is 10.1 Å². The summed E-state index contributed by atoms with van der Waals surface area (Å²) in [6.07, 6.45) is 1.69. The minimum Gasteiger partial charge on any atom is -0.489 e. The van der Waals surface area contributed by atoms with E-state index in [4.69, 9.17) is 4.74 Å². The van der Waals surface area contributed by atoms with Gasteiger partial charge in [0.25, 0.3) is 0 Å². The highest BCUT2D eigenvalue weighted by Gasteiger charge is 2.18. The number of pyridine rings is 1. The minimum absolute atomic E-state index is 0.0612. The molecule has 27 heavy (non-hydrogen) atoms. The molecule has 1 heterocycles. The van der Waals surface area contributed by atoms with E-state index in [0.29, 0.717) is 29.3 Å². The predicted octanol–water partition coefficient (Wildman–Crippen LogP) is 5.02. The summed E-state index contributed by atoms with van der Waals surface area (Å²) in [4.78, 5) is 17.5. The molecule has 0 aliphatic heterocycles. The maximum absolute atomic E-state index is 13.2. The normalized spacial score (nSPS) is 10.7. The molecule has 138 valence electrons. The Labute approximate surface area is 160 Å². The zero-order valence-corrected chi connectivity index (χ0v) is 15.9. The molecule has 0 saturated carbocycles. The zero-order valence-electron chi connectivity index (χ0n) is 15.9. The van der Waals surface area contributed by atoms with Crippen molar-refractivity contribution in [3.63, 3.8) is 0 Å². The smallest absolute Gasteiger partial charge is 0.197 e. The number of ketones is 1. The Kier molecular flexibility index (Phi) is 5.87. The molecular weight excluding hydrogens is 336 g/mol. The van der Waals surface area contributed by atoms with Crippen LogP contribution >= 0.6 is 0 Å². The first-order valence-electron chi connectivity index (χ1n) is 9.09. The number of rotatable bonds is 7. The molecule has 0 amide bonds. The first kappa shape index (κ1) is 18.6. The number of nitrogens with one attached hydrogen (secondary N) is 1. The molecule has 1 aromatic heterocycles. The SMILES string of the molecule is Cc1c(OCc2ccccc2)cccc1C(=O)c1cccnc1NC(C)C. The quantitative estimate of drug-likeness (QED) is 0.601. The Balaban J connectivity index is 1.86. The Morgan fingerprint density at radius 3 is 2.48 bits per heavy atom. The van der Waals surface area contributed by atoms with Gasteiger partial charge in [0.1, 0.15) is 18.2 Å². The third kappa shape index (κ3) is 4.53. The Morgan fingerprint density at radius 2 is 1.74 bits per heavy atom. The van der Waals surface area contributed by atoms with E-state index in [1.54, 1.807) is 18.3 Å². The maximum Gasteiger partial charge on any atom is 0.197 e. The van der Waals surface area contributed by atoms with E-state index in [0.717, 1.165) is 11.1 Å². The van der Waals surface area contributed by atoms with Crippen LogP contribution in [-0.4, -0.2) is 16.8 Å². The number of aromatic nitrogens is 1. The standard InChI is InChI=1S/C23H24N2O2/c1-16(2)25-23-20(12-8-14-24-23)22(26)19-11-7-13-21(17(19)3)27-15-18-9-5-4-6-10-18/h4-14,16H,15H2,1-3H3,(H,24,25). The minimum atomic E-state index is -0.0612. The third-order valence-corrected chi connectivity index (χ3v) is 4.24. The molecule has 0 aliphatic rings. The van der Waals surface area contributed by atoms with Crippen LogP contribution in [0, 0.1) is 6.92 Å². The Morgan fingerprint density at radius 1 is 1.00 bits per heavy atom. The topological polar surface area (TPSA) is 51.2 Å². The van der Waals surface area contributed by atoms with E-state index in [9.17, 15) is 4.79 Å². The van der Waals surface area contributed by atoms with Gasteiger partial charge in [-0.05, 0) is 44.5 Å². The summed E-state index contributed by atoms with van der Waals surface area (Å²) in [5.74, 6) is 1.26. The van der Waals surface area contributed by atoms with Crippen molar-refractivity contribution in [2.24, 2.45) is 0 Å². The zero-order chi connectivity index (χ0) is 19.2. The lowest BCUT2D eigenvalue weighted by molar-refractivity contribution is 0.103. The highest BCUT2D eigenvalue weighted by molar-refractivity contribution is 6.12. The van der Waals surface area contributed by atoms with Gasteiger partial charge in [0, 0.05) is 23.4 Å². The van der Waals surface area contributed by atoms with Crippen molar-refractivity contribution in [1.82, 2.24) is 4.98 Å². The van der Waals surface area contributed by atoms with Crippen molar-refractivity contribution in [3.05, 3.63) is 89.1 Å². The molecule has 0 saturated heterocycles. The van der Waals surface area contributed by atoms with Gasteiger partial charge in [-0.2, -0.15) is 0 Å². The van der Waals surface area contributed by atoms with Crippen molar-refractivity contribution in [2.75, 3.05) is 5.32 Å². The number of benzene rings is 2. The summed E-state index contributed by atoms with van der Waals surface area (Å²) >= 11 is 0. The molecular formula is C23H24N2O2. The lowest BCUT2D eigenvalue weighted by atomic mass is 9.98. The highest BCUT2D eigenvalue weighted by atomic mass is 16.5. The van der Waals surface area contributed by atoms with Crippen LogP contribution in [0.2, 0.25) is 0 Å². The molecule has 0 spiro atoms. The van der Waals surface area contributed by atoms with Crippen molar-refractivity contribution < 1.29 is 9.53 Å².